The van der Waals surface area contributed by atoms with Crippen LogP contribution in [0.25, 0.3) is 0 Å². The van der Waals surface area contributed by atoms with Crippen molar-refractivity contribution in [3.8, 4) is 0 Å². The maximum Gasteiger partial charge on any atom is 0.0145 e. The fourth-order valence-corrected chi connectivity index (χ4v) is 3.38. The lowest BCUT2D eigenvalue weighted by Gasteiger charge is -2.36. The van der Waals surface area contributed by atoms with Gasteiger partial charge in [-0.2, -0.15) is 0 Å². The molecule has 0 aromatic rings. The van der Waals surface area contributed by atoms with Gasteiger partial charge in [-0.15, -0.1) is 0 Å². The number of piperidine rings is 1. The highest BCUT2D eigenvalue weighted by Gasteiger charge is 2.49. The van der Waals surface area contributed by atoms with E-state index in [1.165, 1.54) is 51.9 Å². The minimum atomic E-state index is 0.810. The van der Waals surface area contributed by atoms with Crippen LogP contribution in [-0.4, -0.2) is 37.1 Å². The van der Waals surface area contributed by atoms with Crippen LogP contribution in [0, 0.1) is 11.3 Å². The molecule has 0 aromatic carbocycles. The molecule has 0 aromatic heterocycles. The fraction of sp³-hybridized carbons (Fsp3) is 1.00. The van der Waals surface area contributed by atoms with Crippen molar-refractivity contribution in [2.24, 2.45) is 11.3 Å². The van der Waals surface area contributed by atoms with Gasteiger partial charge in [0.15, 0.2) is 0 Å². The van der Waals surface area contributed by atoms with E-state index in [1.807, 2.05) is 0 Å². The van der Waals surface area contributed by atoms with Gasteiger partial charge in [0.1, 0.15) is 0 Å². The molecular formula is C12H22N2. The van der Waals surface area contributed by atoms with E-state index in [0.29, 0.717) is 0 Å². The molecule has 2 heterocycles. The Kier molecular flexibility index (Phi) is 2.10. The summed E-state index contributed by atoms with van der Waals surface area (Å²) in [5.41, 5.74) is 0.810. The average molecular weight is 194 g/mol. The van der Waals surface area contributed by atoms with Gasteiger partial charge in [-0.1, -0.05) is 6.92 Å². The minimum absolute atomic E-state index is 0.810. The third-order valence-corrected chi connectivity index (χ3v) is 4.63. The van der Waals surface area contributed by atoms with E-state index >= 15 is 0 Å². The van der Waals surface area contributed by atoms with Gasteiger partial charge in [0, 0.05) is 12.6 Å². The zero-order chi connectivity index (χ0) is 9.60. The number of nitrogens with zero attached hydrogens (tertiary/aromatic N) is 1. The molecule has 2 atom stereocenters. The third-order valence-electron chi connectivity index (χ3n) is 4.63. The van der Waals surface area contributed by atoms with Gasteiger partial charge in [-0.05, 0) is 56.7 Å². The molecule has 0 bridgehead atoms. The van der Waals surface area contributed by atoms with E-state index in [0.717, 1.165) is 17.4 Å². The lowest BCUT2D eigenvalue weighted by molar-refractivity contribution is 0.142. The summed E-state index contributed by atoms with van der Waals surface area (Å²) in [7, 11) is 0. The Hall–Kier alpha value is -0.0800. The topological polar surface area (TPSA) is 15.3 Å². The van der Waals surface area contributed by atoms with Gasteiger partial charge in [0.2, 0.25) is 0 Å². The molecule has 0 amide bonds. The molecule has 2 unspecified atom stereocenters. The smallest absolute Gasteiger partial charge is 0.0145 e. The fourth-order valence-electron chi connectivity index (χ4n) is 3.38. The van der Waals surface area contributed by atoms with Crippen LogP contribution >= 0.6 is 0 Å². The van der Waals surface area contributed by atoms with Crippen molar-refractivity contribution in [2.75, 3.05) is 26.2 Å². The van der Waals surface area contributed by atoms with Crippen LogP contribution in [-0.2, 0) is 0 Å². The molecule has 1 N–H and O–H groups in total. The van der Waals surface area contributed by atoms with Crippen molar-refractivity contribution in [2.45, 2.75) is 38.6 Å². The molecular weight excluding hydrogens is 172 g/mol. The van der Waals surface area contributed by atoms with Gasteiger partial charge in [-0.25, -0.2) is 0 Å². The van der Waals surface area contributed by atoms with Gasteiger partial charge < -0.3 is 5.32 Å². The predicted molar refractivity (Wildman–Crippen MR) is 58.3 cm³/mol. The predicted octanol–water partition coefficient (Wildman–Crippen LogP) is 1.47. The second-order valence-electron chi connectivity index (χ2n) is 5.76. The molecule has 2 aliphatic heterocycles. The van der Waals surface area contributed by atoms with Gasteiger partial charge in [0.05, 0.1) is 0 Å². The lowest BCUT2D eigenvalue weighted by atomic mass is 9.94. The zero-order valence-corrected chi connectivity index (χ0v) is 9.26. The molecule has 1 aliphatic carbocycles. The molecule has 1 saturated carbocycles. The largest absolute Gasteiger partial charge is 0.316 e. The summed E-state index contributed by atoms with van der Waals surface area (Å²) in [5.74, 6) is 0.859. The molecule has 3 aliphatic rings. The number of likely N-dealkylation sites (tertiary alicyclic amines) is 1. The van der Waals surface area contributed by atoms with Gasteiger partial charge in [-0.3, -0.25) is 4.90 Å². The first-order chi connectivity index (χ1) is 6.79. The molecule has 3 rings (SSSR count). The second-order valence-corrected chi connectivity index (χ2v) is 5.76. The van der Waals surface area contributed by atoms with Crippen LogP contribution in [0.1, 0.15) is 32.6 Å². The Morgan fingerprint density at radius 3 is 2.79 bits per heavy atom. The maximum atomic E-state index is 3.50. The van der Waals surface area contributed by atoms with Crippen LogP contribution in [0.3, 0.4) is 0 Å². The standard InChI is InChI=1S/C12H22N2/c1-10-8-13-6-2-11(10)14-7-5-12(9-14)3-4-12/h10-11,13H,2-9H2,1H3. The minimum Gasteiger partial charge on any atom is -0.316 e. The maximum absolute atomic E-state index is 3.50. The molecule has 80 valence electrons. The van der Waals surface area contributed by atoms with E-state index < -0.39 is 0 Å². The van der Waals surface area contributed by atoms with Crippen molar-refractivity contribution in [3.63, 3.8) is 0 Å². The highest BCUT2D eigenvalue weighted by atomic mass is 15.2. The number of nitrogens with one attached hydrogen (secondary N) is 1. The zero-order valence-electron chi connectivity index (χ0n) is 9.26. The van der Waals surface area contributed by atoms with Crippen LogP contribution in [0.15, 0.2) is 0 Å². The summed E-state index contributed by atoms with van der Waals surface area (Å²) in [6, 6.07) is 0.885. The van der Waals surface area contributed by atoms with Crippen molar-refractivity contribution in [3.05, 3.63) is 0 Å². The van der Waals surface area contributed by atoms with E-state index in [2.05, 4.69) is 17.1 Å². The molecule has 1 spiro atoms. The van der Waals surface area contributed by atoms with E-state index in [4.69, 9.17) is 0 Å². The van der Waals surface area contributed by atoms with E-state index in [1.54, 1.807) is 0 Å². The Morgan fingerprint density at radius 2 is 2.14 bits per heavy atom. The van der Waals surface area contributed by atoms with Crippen LogP contribution < -0.4 is 5.32 Å². The number of hydrogen-bond donors (Lipinski definition) is 1. The molecule has 0 radical (unpaired) electrons. The first-order valence-corrected chi connectivity index (χ1v) is 6.24. The van der Waals surface area contributed by atoms with Gasteiger partial charge in [0.25, 0.3) is 0 Å². The summed E-state index contributed by atoms with van der Waals surface area (Å²) in [5, 5.41) is 3.50. The van der Waals surface area contributed by atoms with E-state index in [9.17, 15) is 0 Å². The van der Waals surface area contributed by atoms with Crippen molar-refractivity contribution in [1.29, 1.82) is 0 Å². The van der Waals surface area contributed by atoms with E-state index in [-0.39, 0.29) is 0 Å². The second kappa shape index (κ2) is 3.21. The number of rotatable bonds is 1. The first kappa shape index (κ1) is 9.17. The average Bonchev–Trinajstić information content (AvgIpc) is 2.79. The van der Waals surface area contributed by atoms with Crippen molar-refractivity contribution in [1.82, 2.24) is 10.2 Å². The molecule has 2 saturated heterocycles. The van der Waals surface area contributed by atoms with Crippen LogP contribution in [0.5, 0.6) is 0 Å². The Morgan fingerprint density at radius 1 is 1.29 bits per heavy atom. The molecule has 2 heteroatoms. The summed E-state index contributed by atoms with van der Waals surface area (Å²) < 4.78 is 0. The third kappa shape index (κ3) is 1.49. The quantitative estimate of drug-likeness (QED) is 0.680. The summed E-state index contributed by atoms with van der Waals surface area (Å²) in [6.45, 7) is 7.68. The van der Waals surface area contributed by atoms with Crippen molar-refractivity contribution >= 4 is 0 Å². The summed E-state index contributed by atoms with van der Waals surface area (Å²) in [6.07, 6.45) is 5.90. The van der Waals surface area contributed by atoms with Crippen LogP contribution in [0.2, 0.25) is 0 Å². The van der Waals surface area contributed by atoms with Crippen molar-refractivity contribution < 1.29 is 0 Å². The molecule has 2 nitrogen and oxygen atoms in total. The Bertz CT molecular complexity index is 222. The van der Waals surface area contributed by atoms with Gasteiger partial charge >= 0.3 is 0 Å². The number of hydrogen-bond acceptors (Lipinski definition) is 2. The Balaban J connectivity index is 1.64. The summed E-state index contributed by atoms with van der Waals surface area (Å²) in [4.78, 5) is 2.79. The molecule has 3 fully saturated rings. The first-order valence-electron chi connectivity index (χ1n) is 6.24. The monoisotopic (exact) mass is 194 g/mol. The van der Waals surface area contributed by atoms with Crippen LogP contribution in [0.4, 0.5) is 0 Å². The normalized spacial score (nSPS) is 41.8. The Labute approximate surface area is 87.0 Å². The summed E-state index contributed by atoms with van der Waals surface area (Å²) >= 11 is 0. The SMILES string of the molecule is CC1CNCCC1N1CCC2(CC2)C1. The molecule has 14 heavy (non-hydrogen) atoms. The highest BCUT2D eigenvalue weighted by molar-refractivity contribution is 5.02. The lowest BCUT2D eigenvalue weighted by Crippen LogP contribution is -2.47. The highest BCUT2D eigenvalue weighted by Crippen LogP contribution is 2.53.